The molecule has 0 bridgehead atoms. The number of hydrogen-bond acceptors (Lipinski definition) is 4. The quantitative estimate of drug-likeness (QED) is 0.828. The van der Waals surface area contributed by atoms with E-state index in [-0.39, 0.29) is 11.9 Å². The van der Waals surface area contributed by atoms with Crippen molar-refractivity contribution in [2.24, 2.45) is 0 Å². The summed E-state index contributed by atoms with van der Waals surface area (Å²) in [5, 5.41) is 8.13. The molecule has 6 heteroatoms. The minimum atomic E-state index is 0.101. The summed E-state index contributed by atoms with van der Waals surface area (Å²) in [6, 6.07) is 4.92. The Hall–Kier alpha value is -2.34. The molecule has 1 saturated heterocycles. The molecule has 1 saturated carbocycles. The Morgan fingerprint density at radius 1 is 1.17 bits per heavy atom. The van der Waals surface area contributed by atoms with Crippen LogP contribution in [0.1, 0.15) is 64.0 Å². The fraction of sp³-hybridized carbons (Fsp3) is 0.583. The maximum absolute atomic E-state index is 12.4. The predicted molar refractivity (Wildman–Crippen MR) is 118 cm³/mol. The number of amides is 1. The molecular formula is C24H32N4O2. The number of piperidine rings is 1. The Morgan fingerprint density at radius 3 is 2.67 bits per heavy atom. The minimum Gasteiger partial charge on any atom is -0.489 e. The van der Waals surface area contributed by atoms with Crippen molar-refractivity contribution in [2.75, 3.05) is 18.0 Å². The van der Waals surface area contributed by atoms with Gasteiger partial charge in [0.2, 0.25) is 5.91 Å². The molecular weight excluding hydrogens is 376 g/mol. The molecule has 3 aliphatic rings. The van der Waals surface area contributed by atoms with E-state index >= 15 is 0 Å². The highest BCUT2D eigenvalue weighted by Gasteiger charge is 2.32. The SMILES string of the molecule is CC(=O)N1c2ccc(-c3cnn(C4CCNCC4)c3)c(OC3CCC3)c2CCC1C. The van der Waals surface area contributed by atoms with E-state index in [4.69, 9.17) is 9.84 Å². The van der Waals surface area contributed by atoms with Crippen LogP contribution in [0.5, 0.6) is 5.75 Å². The van der Waals surface area contributed by atoms with Crippen molar-refractivity contribution in [3.8, 4) is 16.9 Å². The average molecular weight is 409 g/mol. The van der Waals surface area contributed by atoms with Crippen LogP contribution in [-0.4, -0.2) is 40.9 Å². The van der Waals surface area contributed by atoms with Gasteiger partial charge >= 0.3 is 0 Å². The predicted octanol–water partition coefficient (Wildman–Crippen LogP) is 4.09. The lowest BCUT2D eigenvalue weighted by Gasteiger charge is -2.37. The second-order valence-electron chi connectivity index (χ2n) is 9.08. The zero-order valence-corrected chi connectivity index (χ0v) is 18.1. The number of benzene rings is 1. The van der Waals surface area contributed by atoms with Crippen molar-refractivity contribution in [3.63, 3.8) is 0 Å². The van der Waals surface area contributed by atoms with Gasteiger partial charge in [-0.05, 0) is 77.1 Å². The Labute approximate surface area is 178 Å². The Balaban J connectivity index is 1.55. The zero-order valence-electron chi connectivity index (χ0n) is 18.1. The van der Waals surface area contributed by atoms with Gasteiger partial charge in [0.1, 0.15) is 5.75 Å². The van der Waals surface area contributed by atoms with Gasteiger partial charge in [0, 0.05) is 35.9 Å². The summed E-state index contributed by atoms with van der Waals surface area (Å²) in [5.41, 5.74) is 4.42. The van der Waals surface area contributed by atoms with Crippen LogP contribution in [0.2, 0.25) is 0 Å². The lowest BCUT2D eigenvalue weighted by atomic mass is 9.91. The summed E-state index contributed by atoms with van der Waals surface area (Å²) in [6.07, 6.45) is 12.0. The van der Waals surface area contributed by atoms with Gasteiger partial charge in [0.15, 0.2) is 0 Å². The molecule has 6 nitrogen and oxygen atoms in total. The summed E-state index contributed by atoms with van der Waals surface area (Å²) in [4.78, 5) is 14.3. The molecule has 1 atom stereocenters. The second kappa shape index (κ2) is 8.06. The third kappa shape index (κ3) is 3.51. The molecule has 160 valence electrons. The third-order valence-corrected chi connectivity index (χ3v) is 7.02. The highest BCUT2D eigenvalue weighted by Crippen LogP contribution is 2.44. The van der Waals surface area contributed by atoms with Gasteiger partial charge in [-0.25, -0.2) is 0 Å². The molecule has 0 spiro atoms. The number of aromatic nitrogens is 2. The molecule has 1 aromatic carbocycles. The molecule has 30 heavy (non-hydrogen) atoms. The van der Waals surface area contributed by atoms with E-state index in [2.05, 4.69) is 35.3 Å². The molecule has 2 aliphatic heterocycles. The molecule has 0 radical (unpaired) electrons. The van der Waals surface area contributed by atoms with E-state index in [1.165, 1.54) is 12.0 Å². The molecule has 1 aromatic heterocycles. The van der Waals surface area contributed by atoms with Gasteiger partial charge in [-0.15, -0.1) is 0 Å². The number of carbonyl (C=O) groups excluding carboxylic acids is 1. The van der Waals surface area contributed by atoms with E-state index in [0.717, 1.165) is 74.2 Å². The highest BCUT2D eigenvalue weighted by atomic mass is 16.5. The third-order valence-electron chi connectivity index (χ3n) is 7.02. The van der Waals surface area contributed by atoms with E-state index in [1.54, 1.807) is 6.92 Å². The minimum absolute atomic E-state index is 0.101. The van der Waals surface area contributed by atoms with Gasteiger partial charge in [0.05, 0.1) is 24.0 Å². The summed E-state index contributed by atoms with van der Waals surface area (Å²) in [6.45, 7) is 5.89. The number of nitrogens with zero attached hydrogens (tertiary/aromatic N) is 3. The monoisotopic (exact) mass is 408 g/mol. The first-order valence-corrected chi connectivity index (χ1v) is 11.5. The average Bonchev–Trinajstić information content (AvgIpc) is 3.20. The van der Waals surface area contributed by atoms with E-state index in [0.29, 0.717) is 12.1 Å². The van der Waals surface area contributed by atoms with Crippen LogP contribution in [0.3, 0.4) is 0 Å². The van der Waals surface area contributed by atoms with Crippen LogP contribution in [0.15, 0.2) is 24.5 Å². The summed E-state index contributed by atoms with van der Waals surface area (Å²) in [7, 11) is 0. The molecule has 2 aromatic rings. The maximum Gasteiger partial charge on any atom is 0.224 e. The van der Waals surface area contributed by atoms with Crippen LogP contribution in [-0.2, 0) is 11.2 Å². The van der Waals surface area contributed by atoms with E-state index < -0.39 is 0 Å². The van der Waals surface area contributed by atoms with Gasteiger partial charge in [0.25, 0.3) is 0 Å². The van der Waals surface area contributed by atoms with Crippen molar-refractivity contribution >= 4 is 11.6 Å². The molecule has 1 unspecified atom stereocenters. The Bertz CT molecular complexity index is 927. The molecule has 3 heterocycles. The van der Waals surface area contributed by atoms with Gasteiger partial charge in [-0.3, -0.25) is 9.48 Å². The zero-order chi connectivity index (χ0) is 20.7. The summed E-state index contributed by atoms with van der Waals surface area (Å²) >= 11 is 0. The number of ether oxygens (including phenoxy) is 1. The fourth-order valence-electron chi connectivity index (χ4n) is 5.05. The fourth-order valence-corrected chi connectivity index (χ4v) is 5.05. The lowest BCUT2D eigenvalue weighted by Crippen LogP contribution is -2.41. The van der Waals surface area contributed by atoms with E-state index in [9.17, 15) is 4.79 Å². The number of carbonyl (C=O) groups is 1. The highest BCUT2D eigenvalue weighted by molar-refractivity contribution is 5.95. The lowest BCUT2D eigenvalue weighted by molar-refractivity contribution is -0.117. The second-order valence-corrected chi connectivity index (χ2v) is 9.08. The largest absolute Gasteiger partial charge is 0.489 e. The number of fused-ring (bicyclic) bond motifs is 1. The first-order valence-electron chi connectivity index (χ1n) is 11.5. The molecule has 5 rings (SSSR count). The molecule has 1 N–H and O–H groups in total. The summed E-state index contributed by atoms with van der Waals surface area (Å²) in [5.74, 6) is 1.07. The van der Waals surface area contributed by atoms with E-state index in [1.807, 2.05) is 11.1 Å². The van der Waals surface area contributed by atoms with Crippen LogP contribution >= 0.6 is 0 Å². The Kier molecular flexibility index (Phi) is 5.27. The standard InChI is InChI=1S/C24H32N4O2/c1-16-6-7-22-23(28(16)17(2)29)9-8-21(24(22)30-20-4-3-5-20)18-14-26-27(15-18)19-10-12-25-13-11-19/h8-9,14-16,19-20,25H,3-7,10-13H2,1-2H3. The molecule has 1 amide bonds. The van der Waals surface area contributed by atoms with Crippen molar-refractivity contribution in [2.45, 2.75) is 77.0 Å². The van der Waals surface area contributed by atoms with Gasteiger partial charge in [-0.2, -0.15) is 5.10 Å². The van der Waals surface area contributed by atoms with Crippen LogP contribution in [0.4, 0.5) is 5.69 Å². The normalized spacial score (nSPS) is 22.5. The van der Waals surface area contributed by atoms with Crippen molar-refractivity contribution in [1.82, 2.24) is 15.1 Å². The number of nitrogens with one attached hydrogen (secondary N) is 1. The van der Waals surface area contributed by atoms with Crippen molar-refractivity contribution in [3.05, 3.63) is 30.1 Å². The summed E-state index contributed by atoms with van der Waals surface area (Å²) < 4.78 is 8.70. The van der Waals surface area contributed by atoms with Crippen LogP contribution in [0.25, 0.3) is 11.1 Å². The van der Waals surface area contributed by atoms with Crippen molar-refractivity contribution in [1.29, 1.82) is 0 Å². The molecule has 2 fully saturated rings. The molecule has 1 aliphatic carbocycles. The number of anilines is 1. The van der Waals surface area contributed by atoms with Crippen LogP contribution in [0, 0.1) is 0 Å². The number of hydrogen-bond donors (Lipinski definition) is 1. The van der Waals surface area contributed by atoms with Gasteiger partial charge in [-0.1, -0.05) is 0 Å². The smallest absolute Gasteiger partial charge is 0.224 e. The maximum atomic E-state index is 12.4. The Morgan fingerprint density at radius 2 is 1.97 bits per heavy atom. The van der Waals surface area contributed by atoms with Crippen molar-refractivity contribution < 1.29 is 9.53 Å². The van der Waals surface area contributed by atoms with Crippen LogP contribution < -0.4 is 15.0 Å². The first kappa shape index (κ1) is 19.6. The topological polar surface area (TPSA) is 59.4 Å². The first-order chi connectivity index (χ1) is 14.6. The number of rotatable bonds is 4. The van der Waals surface area contributed by atoms with Gasteiger partial charge < -0.3 is 15.0 Å².